The van der Waals surface area contributed by atoms with Gasteiger partial charge in [0.2, 0.25) is 5.78 Å². The van der Waals surface area contributed by atoms with Crippen LogP contribution in [-0.2, 0) is 9.59 Å². The molecule has 0 saturated heterocycles. The van der Waals surface area contributed by atoms with E-state index in [2.05, 4.69) is 5.32 Å². The Morgan fingerprint density at radius 3 is 2.08 bits per heavy atom. The molecule has 5 nitrogen and oxygen atoms in total. The zero-order valence-corrected chi connectivity index (χ0v) is 7.94. The average molecular weight is 189 g/mol. The Hall–Kier alpha value is -0.940. The molecule has 0 heterocycles. The number of carbonyl (C=O) groups excluding carboxylic acids is 1. The maximum absolute atomic E-state index is 10.9. The van der Waals surface area contributed by atoms with Gasteiger partial charge in [0.25, 0.3) is 0 Å². The molecule has 0 aliphatic heterocycles. The minimum atomic E-state index is -1.50. The average Bonchev–Trinajstić information content (AvgIpc) is 2.12. The van der Waals surface area contributed by atoms with E-state index in [-0.39, 0.29) is 6.04 Å². The third-order valence-corrected chi connectivity index (χ3v) is 2.10. The van der Waals surface area contributed by atoms with Gasteiger partial charge in [0.1, 0.15) is 0 Å². The highest BCUT2D eigenvalue weighted by molar-refractivity contribution is 6.33. The number of hydrogen-bond donors (Lipinski definition) is 3. The number of rotatable bonds is 5. The largest absolute Gasteiger partial charge is 0.475 e. The Balaban J connectivity index is 4.33. The lowest BCUT2D eigenvalue weighted by molar-refractivity contribution is -0.152. The van der Waals surface area contributed by atoms with E-state index in [0.717, 1.165) is 0 Å². The fraction of sp³-hybridized carbons (Fsp3) is 0.750. The van der Waals surface area contributed by atoms with Gasteiger partial charge in [0.15, 0.2) is 0 Å². The van der Waals surface area contributed by atoms with E-state index >= 15 is 0 Å². The third kappa shape index (κ3) is 3.12. The van der Waals surface area contributed by atoms with Crippen LogP contribution in [0, 0.1) is 5.92 Å². The SMILES string of the molecule is CN[C@@H](C)[C@H](O)[C@@H](C)C(=O)C(=O)O. The van der Waals surface area contributed by atoms with Gasteiger partial charge in [-0.25, -0.2) is 4.79 Å². The summed E-state index contributed by atoms with van der Waals surface area (Å²) < 4.78 is 0. The fourth-order valence-corrected chi connectivity index (χ4v) is 0.954. The predicted molar refractivity (Wildman–Crippen MR) is 46.3 cm³/mol. The fourth-order valence-electron chi connectivity index (χ4n) is 0.954. The monoisotopic (exact) mass is 189 g/mol. The van der Waals surface area contributed by atoms with Gasteiger partial charge >= 0.3 is 5.97 Å². The lowest BCUT2D eigenvalue weighted by Gasteiger charge is -2.22. The topological polar surface area (TPSA) is 86.6 Å². The van der Waals surface area contributed by atoms with Crippen molar-refractivity contribution in [2.45, 2.75) is 26.0 Å². The van der Waals surface area contributed by atoms with Crippen molar-refractivity contribution in [3.05, 3.63) is 0 Å². The number of aliphatic carboxylic acids is 1. The summed E-state index contributed by atoms with van der Waals surface area (Å²) in [4.78, 5) is 21.2. The molecule has 0 aromatic carbocycles. The summed E-state index contributed by atoms with van der Waals surface area (Å²) in [5.74, 6) is -3.36. The van der Waals surface area contributed by atoms with E-state index in [1.807, 2.05) is 0 Å². The van der Waals surface area contributed by atoms with Gasteiger partial charge < -0.3 is 15.5 Å². The molecule has 0 bridgehead atoms. The molecule has 5 heteroatoms. The van der Waals surface area contributed by atoms with Gasteiger partial charge in [0, 0.05) is 6.04 Å². The summed E-state index contributed by atoms with van der Waals surface area (Å²) in [5.41, 5.74) is 0. The molecular weight excluding hydrogens is 174 g/mol. The number of ketones is 1. The second kappa shape index (κ2) is 4.94. The highest BCUT2D eigenvalue weighted by Crippen LogP contribution is 2.08. The van der Waals surface area contributed by atoms with E-state index in [0.29, 0.717) is 0 Å². The summed E-state index contributed by atoms with van der Waals surface area (Å²) in [7, 11) is 1.63. The highest BCUT2D eigenvalue weighted by Gasteiger charge is 2.29. The molecular formula is C8H15NO4. The van der Waals surface area contributed by atoms with Crippen LogP contribution in [0.4, 0.5) is 0 Å². The van der Waals surface area contributed by atoms with Crippen molar-refractivity contribution >= 4 is 11.8 Å². The molecule has 0 fully saturated rings. The quantitative estimate of drug-likeness (QED) is 0.495. The normalized spacial score (nSPS) is 17.5. The molecule has 0 aliphatic rings. The molecule has 0 rings (SSSR count). The second-order valence-corrected chi connectivity index (χ2v) is 3.03. The number of aliphatic hydroxyl groups is 1. The van der Waals surface area contributed by atoms with Crippen molar-refractivity contribution in [2.75, 3.05) is 7.05 Å². The van der Waals surface area contributed by atoms with Crippen LogP contribution in [-0.4, -0.2) is 41.2 Å². The lowest BCUT2D eigenvalue weighted by Crippen LogP contribution is -2.43. The molecule has 0 saturated carbocycles. The molecule has 0 aromatic rings. The van der Waals surface area contributed by atoms with E-state index in [1.54, 1.807) is 14.0 Å². The first-order valence-corrected chi connectivity index (χ1v) is 4.04. The van der Waals surface area contributed by atoms with Gasteiger partial charge in [-0.1, -0.05) is 6.92 Å². The van der Waals surface area contributed by atoms with Crippen molar-refractivity contribution in [1.82, 2.24) is 5.32 Å². The highest BCUT2D eigenvalue weighted by atomic mass is 16.4. The molecule has 0 radical (unpaired) electrons. The molecule has 13 heavy (non-hydrogen) atoms. The second-order valence-electron chi connectivity index (χ2n) is 3.03. The van der Waals surface area contributed by atoms with Crippen molar-refractivity contribution in [1.29, 1.82) is 0 Å². The minimum absolute atomic E-state index is 0.307. The summed E-state index contributed by atoms with van der Waals surface area (Å²) in [6.45, 7) is 3.07. The number of likely N-dealkylation sites (N-methyl/N-ethyl adjacent to an activating group) is 1. The Labute approximate surface area is 76.8 Å². The zero-order valence-electron chi connectivity index (χ0n) is 7.94. The van der Waals surface area contributed by atoms with Crippen LogP contribution in [0.25, 0.3) is 0 Å². The number of carboxylic acid groups (broad SMARTS) is 1. The Morgan fingerprint density at radius 1 is 1.31 bits per heavy atom. The van der Waals surface area contributed by atoms with E-state index in [9.17, 15) is 14.7 Å². The summed E-state index contributed by atoms with van der Waals surface area (Å²) in [6, 6.07) is -0.307. The first-order chi connectivity index (χ1) is 5.91. The zero-order chi connectivity index (χ0) is 10.6. The van der Waals surface area contributed by atoms with Crippen LogP contribution < -0.4 is 5.32 Å². The molecule has 3 N–H and O–H groups in total. The standard InChI is InChI=1S/C8H15NO4/c1-4(7(11)8(12)13)6(10)5(2)9-3/h4-6,9-10H,1-3H3,(H,12,13)/t4-,5+,6-/m1/s1. The summed E-state index contributed by atoms with van der Waals surface area (Å²) in [5, 5.41) is 20.6. The smallest absolute Gasteiger partial charge is 0.372 e. The maximum atomic E-state index is 10.9. The van der Waals surface area contributed by atoms with E-state index in [4.69, 9.17) is 5.11 Å². The first kappa shape index (κ1) is 12.1. The first-order valence-electron chi connectivity index (χ1n) is 4.04. The van der Waals surface area contributed by atoms with Gasteiger partial charge in [-0.3, -0.25) is 4.79 Å². The molecule has 3 atom stereocenters. The summed E-state index contributed by atoms with van der Waals surface area (Å²) in [6.07, 6.45) is -0.978. The van der Waals surface area contributed by atoms with Crippen LogP contribution in [0.3, 0.4) is 0 Å². The number of aliphatic hydroxyl groups excluding tert-OH is 1. The van der Waals surface area contributed by atoms with Gasteiger partial charge in [0.05, 0.1) is 12.0 Å². The molecule has 0 spiro atoms. The van der Waals surface area contributed by atoms with Crippen molar-refractivity contribution in [3.8, 4) is 0 Å². The number of Topliss-reactive ketones (excluding diaryl/α,β-unsaturated/α-hetero) is 1. The number of hydrogen-bond acceptors (Lipinski definition) is 4. The number of carboxylic acids is 1. The maximum Gasteiger partial charge on any atom is 0.372 e. The Bertz CT molecular complexity index is 204. The lowest BCUT2D eigenvalue weighted by atomic mass is 9.95. The molecule has 0 amide bonds. The van der Waals surface area contributed by atoms with Crippen molar-refractivity contribution in [3.63, 3.8) is 0 Å². The number of carbonyl (C=O) groups is 2. The molecule has 0 aromatic heterocycles. The Morgan fingerprint density at radius 2 is 1.77 bits per heavy atom. The van der Waals surface area contributed by atoms with Gasteiger partial charge in [-0.05, 0) is 14.0 Å². The predicted octanol–water partition coefficient (Wildman–Crippen LogP) is -0.755. The van der Waals surface area contributed by atoms with E-state index in [1.165, 1.54) is 6.92 Å². The molecule has 0 aliphatic carbocycles. The van der Waals surface area contributed by atoms with Gasteiger partial charge in [-0.2, -0.15) is 0 Å². The third-order valence-electron chi connectivity index (χ3n) is 2.10. The molecule has 76 valence electrons. The van der Waals surface area contributed by atoms with Crippen LogP contribution in [0.2, 0.25) is 0 Å². The van der Waals surface area contributed by atoms with Crippen LogP contribution in [0.5, 0.6) is 0 Å². The Kier molecular flexibility index (Phi) is 4.58. The van der Waals surface area contributed by atoms with Gasteiger partial charge in [-0.15, -0.1) is 0 Å². The van der Waals surface area contributed by atoms with Crippen LogP contribution in [0.15, 0.2) is 0 Å². The van der Waals surface area contributed by atoms with Crippen LogP contribution >= 0.6 is 0 Å². The molecule has 0 unspecified atom stereocenters. The van der Waals surface area contributed by atoms with E-state index < -0.39 is 23.8 Å². The minimum Gasteiger partial charge on any atom is -0.475 e. The number of nitrogens with one attached hydrogen (secondary N) is 1. The van der Waals surface area contributed by atoms with Crippen molar-refractivity contribution in [2.24, 2.45) is 5.92 Å². The van der Waals surface area contributed by atoms with Crippen molar-refractivity contribution < 1.29 is 19.8 Å². The summed E-state index contributed by atoms with van der Waals surface area (Å²) >= 11 is 0. The van der Waals surface area contributed by atoms with Crippen LogP contribution in [0.1, 0.15) is 13.8 Å².